The van der Waals surface area contributed by atoms with Gasteiger partial charge in [-0.05, 0) is 29.9 Å². The Kier molecular flexibility index (Phi) is 2.97. The quantitative estimate of drug-likeness (QED) is 0.666. The molecule has 0 aromatic heterocycles. The summed E-state index contributed by atoms with van der Waals surface area (Å²) >= 11 is 0. The molecule has 1 nitrogen and oxygen atoms in total. The van der Waals surface area contributed by atoms with Crippen LogP contribution in [0.5, 0.6) is 0 Å². The van der Waals surface area contributed by atoms with E-state index in [9.17, 15) is 4.79 Å². The molecule has 1 aliphatic carbocycles. The topological polar surface area (TPSA) is 17.1 Å². The van der Waals surface area contributed by atoms with E-state index in [0.717, 1.165) is 17.8 Å². The maximum Gasteiger partial charge on any atom is 0.124 e. The van der Waals surface area contributed by atoms with Crippen molar-refractivity contribution in [2.24, 2.45) is 0 Å². The van der Waals surface area contributed by atoms with Gasteiger partial charge in [0.1, 0.15) is 6.29 Å². The first-order valence-electron chi connectivity index (χ1n) is 5.42. The Morgan fingerprint density at radius 3 is 2.79 bits per heavy atom. The number of benzene rings is 1. The molecule has 0 bridgehead atoms. The standard InChI is InChI=1S/C13H16O/c14-9-8-11-4-3-7-13(10-11)12-5-1-2-6-12/h3-4,7,9-10,12H,1-2,5-6,8H2. The highest BCUT2D eigenvalue weighted by molar-refractivity contribution is 5.55. The number of carbonyl (C=O) groups is 1. The summed E-state index contributed by atoms with van der Waals surface area (Å²) in [5.74, 6) is 0.751. The van der Waals surface area contributed by atoms with Crippen LogP contribution in [-0.4, -0.2) is 6.29 Å². The molecule has 1 saturated carbocycles. The minimum absolute atomic E-state index is 0.556. The van der Waals surface area contributed by atoms with Gasteiger partial charge in [0.25, 0.3) is 0 Å². The van der Waals surface area contributed by atoms with Crippen molar-refractivity contribution in [1.82, 2.24) is 0 Å². The monoisotopic (exact) mass is 188 g/mol. The van der Waals surface area contributed by atoms with Gasteiger partial charge >= 0.3 is 0 Å². The molecule has 1 aromatic rings. The predicted octanol–water partition coefficient (Wildman–Crippen LogP) is 3.09. The summed E-state index contributed by atoms with van der Waals surface area (Å²) in [6.07, 6.45) is 6.91. The zero-order valence-electron chi connectivity index (χ0n) is 8.41. The molecule has 2 rings (SSSR count). The van der Waals surface area contributed by atoms with Crippen molar-refractivity contribution in [2.45, 2.75) is 38.0 Å². The number of carbonyl (C=O) groups excluding carboxylic acids is 1. The van der Waals surface area contributed by atoms with Gasteiger partial charge in [0.2, 0.25) is 0 Å². The fourth-order valence-corrected chi connectivity index (χ4v) is 2.33. The van der Waals surface area contributed by atoms with Crippen LogP contribution in [0.15, 0.2) is 24.3 Å². The SMILES string of the molecule is O=CCc1cccc(C2CCCC2)c1. The van der Waals surface area contributed by atoms with Gasteiger partial charge in [-0.2, -0.15) is 0 Å². The fraction of sp³-hybridized carbons (Fsp3) is 0.462. The van der Waals surface area contributed by atoms with Crippen molar-refractivity contribution in [2.75, 3.05) is 0 Å². The molecule has 0 aliphatic heterocycles. The average molecular weight is 188 g/mol. The Hall–Kier alpha value is -1.11. The van der Waals surface area contributed by atoms with Crippen molar-refractivity contribution < 1.29 is 4.79 Å². The minimum Gasteiger partial charge on any atom is -0.303 e. The smallest absolute Gasteiger partial charge is 0.124 e. The predicted molar refractivity (Wildman–Crippen MR) is 57.4 cm³/mol. The molecule has 0 amide bonds. The van der Waals surface area contributed by atoms with E-state index in [1.807, 2.05) is 6.07 Å². The fourth-order valence-electron chi connectivity index (χ4n) is 2.33. The highest BCUT2D eigenvalue weighted by Gasteiger charge is 2.16. The third kappa shape index (κ3) is 2.03. The van der Waals surface area contributed by atoms with Crippen LogP contribution in [-0.2, 0) is 11.2 Å². The van der Waals surface area contributed by atoms with Crippen molar-refractivity contribution in [3.05, 3.63) is 35.4 Å². The molecule has 0 unspecified atom stereocenters. The van der Waals surface area contributed by atoms with Crippen LogP contribution in [0.3, 0.4) is 0 Å². The first kappa shape index (κ1) is 9.45. The molecule has 0 atom stereocenters. The lowest BCUT2D eigenvalue weighted by atomic mass is 9.95. The number of rotatable bonds is 3. The van der Waals surface area contributed by atoms with Gasteiger partial charge in [-0.3, -0.25) is 0 Å². The van der Waals surface area contributed by atoms with Crippen molar-refractivity contribution in [3.63, 3.8) is 0 Å². The Balaban J connectivity index is 2.16. The van der Waals surface area contributed by atoms with Gasteiger partial charge in [-0.25, -0.2) is 0 Å². The molecule has 74 valence electrons. The normalized spacial score (nSPS) is 17.1. The second-order valence-corrected chi connectivity index (χ2v) is 4.10. The molecule has 1 aliphatic rings. The van der Waals surface area contributed by atoms with Gasteiger partial charge in [0.05, 0.1) is 0 Å². The number of hydrogen-bond acceptors (Lipinski definition) is 1. The molecule has 0 heterocycles. The Bertz CT molecular complexity index is 311. The second-order valence-electron chi connectivity index (χ2n) is 4.10. The van der Waals surface area contributed by atoms with E-state index in [0.29, 0.717) is 6.42 Å². The van der Waals surface area contributed by atoms with Crippen molar-refractivity contribution in [1.29, 1.82) is 0 Å². The highest BCUT2D eigenvalue weighted by Crippen LogP contribution is 2.34. The van der Waals surface area contributed by atoms with Gasteiger partial charge in [0.15, 0.2) is 0 Å². The summed E-state index contributed by atoms with van der Waals surface area (Å²) in [6, 6.07) is 8.51. The molecular formula is C13H16O. The van der Waals surface area contributed by atoms with Crippen LogP contribution in [0.1, 0.15) is 42.7 Å². The third-order valence-electron chi connectivity index (χ3n) is 3.10. The van der Waals surface area contributed by atoms with Crippen LogP contribution in [0.4, 0.5) is 0 Å². The van der Waals surface area contributed by atoms with E-state index in [2.05, 4.69) is 18.2 Å². The zero-order valence-corrected chi connectivity index (χ0v) is 8.41. The lowest BCUT2D eigenvalue weighted by Crippen LogP contribution is -1.94. The molecule has 1 fully saturated rings. The van der Waals surface area contributed by atoms with Gasteiger partial charge < -0.3 is 4.79 Å². The summed E-state index contributed by atoms with van der Waals surface area (Å²) in [4.78, 5) is 10.4. The number of aldehydes is 1. The van der Waals surface area contributed by atoms with E-state index in [1.54, 1.807) is 0 Å². The van der Waals surface area contributed by atoms with Gasteiger partial charge in [0, 0.05) is 6.42 Å². The van der Waals surface area contributed by atoms with Gasteiger partial charge in [-0.1, -0.05) is 37.1 Å². The van der Waals surface area contributed by atoms with E-state index >= 15 is 0 Å². The maximum atomic E-state index is 10.4. The molecule has 1 heteroatoms. The van der Waals surface area contributed by atoms with Crippen LogP contribution >= 0.6 is 0 Å². The van der Waals surface area contributed by atoms with E-state index in [4.69, 9.17) is 0 Å². The lowest BCUT2D eigenvalue weighted by Gasteiger charge is -2.10. The van der Waals surface area contributed by atoms with Crippen LogP contribution in [0.25, 0.3) is 0 Å². The Labute approximate surface area is 85.1 Å². The highest BCUT2D eigenvalue weighted by atomic mass is 16.1. The summed E-state index contributed by atoms with van der Waals surface area (Å²) < 4.78 is 0. The number of hydrogen-bond donors (Lipinski definition) is 0. The molecule has 0 radical (unpaired) electrons. The molecule has 0 spiro atoms. The molecular weight excluding hydrogens is 172 g/mol. The van der Waals surface area contributed by atoms with Crippen molar-refractivity contribution >= 4 is 6.29 Å². The Morgan fingerprint density at radius 1 is 1.29 bits per heavy atom. The summed E-state index contributed by atoms with van der Waals surface area (Å²) in [5.41, 5.74) is 2.59. The third-order valence-corrected chi connectivity index (χ3v) is 3.10. The minimum atomic E-state index is 0.556. The second kappa shape index (κ2) is 4.41. The van der Waals surface area contributed by atoms with E-state index in [-0.39, 0.29) is 0 Å². The van der Waals surface area contributed by atoms with E-state index in [1.165, 1.54) is 31.2 Å². The first-order chi connectivity index (χ1) is 6.90. The largest absolute Gasteiger partial charge is 0.303 e. The molecule has 0 saturated heterocycles. The van der Waals surface area contributed by atoms with Crippen LogP contribution in [0, 0.1) is 0 Å². The summed E-state index contributed by atoms with van der Waals surface area (Å²) in [7, 11) is 0. The lowest BCUT2D eigenvalue weighted by molar-refractivity contribution is -0.107. The van der Waals surface area contributed by atoms with Crippen molar-refractivity contribution in [3.8, 4) is 0 Å². The summed E-state index contributed by atoms with van der Waals surface area (Å²) in [5, 5.41) is 0. The molecule has 0 N–H and O–H groups in total. The Morgan fingerprint density at radius 2 is 2.07 bits per heavy atom. The molecule has 1 aromatic carbocycles. The molecule has 14 heavy (non-hydrogen) atoms. The maximum absolute atomic E-state index is 10.4. The zero-order chi connectivity index (χ0) is 9.80. The first-order valence-corrected chi connectivity index (χ1v) is 5.42. The average Bonchev–Trinajstić information content (AvgIpc) is 2.71. The van der Waals surface area contributed by atoms with Crippen LogP contribution < -0.4 is 0 Å². The summed E-state index contributed by atoms with van der Waals surface area (Å²) in [6.45, 7) is 0. The van der Waals surface area contributed by atoms with Crippen LogP contribution in [0.2, 0.25) is 0 Å². The van der Waals surface area contributed by atoms with Gasteiger partial charge in [-0.15, -0.1) is 0 Å². The van der Waals surface area contributed by atoms with E-state index < -0.39 is 0 Å².